The van der Waals surface area contributed by atoms with Crippen LogP contribution in [-0.2, 0) is 9.53 Å². The van der Waals surface area contributed by atoms with Crippen molar-refractivity contribution in [3.05, 3.63) is 65.2 Å². The van der Waals surface area contributed by atoms with Crippen molar-refractivity contribution in [2.45, 2.75) is 31.2 Å². The minimum Gasteiger partial charge on any atom is -0.465 e. The second-order valence-corrected chi connectivity index (χ2v) is 6.87. The van der Waals surface area contributed by atoms with E-state index >= 15 is 0 Å². The lowest BCUT2D eigenvalue weighted by atomic mass is 10.1. The van der Waals surface area contributed by atoms with Crippen LogP contribution in [0.5, 0.6) is 0 Å². The third kappa shape index (κ3) is 3.94. The van der Waals surface area contributed by atoms with E-state index in [1.807, 2.05) is 55.5 Å². The predicted molar refractivity (Wildman–Crippen MR) is 100 cm³/mol. The molecule has 3 aromatic rings. The van der Waals surface area contributed by atoms with Crippen molar-refractivity contribution in [3.8, 4) is 5.69 Å². The number of tetrazole rings is 1. The van der Waals surface area contributed by atoms with Gasteiger partial charge in [-0.15, -0.1) is 5.10 Å². The fourth-order valence-electron chi connectivity index (χ4n) is 2.48. The zero-order chi connectivity index (χ0) is 18.5. The number of hydrogen-bond donors (Lipinski definition) is 0. The van der Waals surface area contributed by atoms with E-state index in [0.717, 1.165) is 16.8 Å². The summed E-state index contributed by atoms with van der Waals surface area (Å²) in [6.45, 7) is 6.22. The van der Waals surface area contributed by atoms with Crippen molar-refractivity contribution in [3.63, 3.8) is 0 Å². The molecule has 0 aliphatic heterocycles. The molecule has 6 nitrogen and oxygen atoms in total. The Balaban J connectivity index is 1.94. The van der Waals surface area contributed by atoms with E-state index in [0.29, 0.717) is 11.8 Å². The van der Waals surface area contributed by atoms with Gasteiger partial charge in [-0.2, -0.15) is 4.68 Å². The molecule has 0 radical (unpaired) electrons. The lowest BCUT2D eigenvalue weighted by Gasteiger charge is -2.15. The highest BCUT2D eigenvalue weighted by Crippen LogP contribution is 2.35. The standard InChI is InChI=1S/C19H20N4O2S/c1-4-25-18(24)17(15-8-6-5-7-9-15)26-19-20-21-22-23(19)16-11-10-13(2)14(3)12-16/h5-12,17H,4H2,1-3H3/t17-/m1/s1. The molecule has 7 heteroatoms. The first-order valence-corrected chi connectivity index (χ1v) is 9.22. The van der Waals surface area contributed by atoms with Crippen molar-refractivity contribution in [1.29, 1.82) is 0 Å². The van der Waals surface area contributed by atoms with Gasteiger partial charge in [0.25, 0.3) is 0 Å². The van der Waals surface area contributed by atoms with Crippen LogP contribution in [0.15, 0.2) is 53.7 Å². The average molecular weight is 368 g/mol. The molecule has 0 aliphatic carbocycles. The number of rotatable bonds is 6. The number of benzene rings is 2. The van der Waals surface area contributed by atoms with Crippen molar-refractivity contribution in [2.24, 2.45) is 0 Å². The Kier molecular flexibility index (Phi) is 5.68. The Bertz CT molecular complexity index is 896. The fraction of sp³-hybridized carbons (Fsp3) is 0.263. The van der Waals surface area contributed by atoms with E-state index in [1.54, 1.807) is 11.6 Å². The molecule has 0 unspecified atom stereocenters. The number of carbonyl (C=O) groups excluding carboxylic acids is 1. The maximum Gasteiger partial charge on any atom is 0.324 e. The van der Waals surface area contributed by atoms with Crippen LogP contribution >= 0.6 is 11.8 Å². The van der Waals surface area contributed by atoms with Gasteiger partial charge in [-0.3, -0.25) is 4.79 Å². The van der Waals surface area contributed by atoms with Crippen molar-refractivity contribution in [2.75, 3.05) is 6.61 Å². The van der Waals surface area contributed by atoms with Gasteiger partial charge in [0.05, 0.1) is 12.3 Å². The summed E-state index contributed by atoms with van der Waals surface area (Å²) in [4.78, 5) is 12.5. The number of nitrogens with zero attached hydrogens (tertiary/aromatic N) is 4. The highest BCUT2D eigenvalue weighted by atomic mass is 32.2. The van der Waals surface area contributed by atoms with Crippen LogP contribution in [0.25, 0.3) is 5.69 Å². The summed E-state index contributed by atoms with van der Waals surface area (Å²) in [5.41, 5.74) is 4.06. The molecule has 1 atom stereocenters. The van der Waals surface area contributed by atoms with Gasteiger partial charge in [-0.1, -0.05) is 48.2 Å². The SMILES string of the molecule is CCOC(=O)[C@H](Sc1nnnn1-c1ccc(C)c(C)c1)c1ccccc1. The van der Waals surface area contributed by atoms with E-state index in [4.69, 9.17) is 4.74 Å². The molecule has 0 aliphatic rings. The Morgan fingerprint density at radius 3 is 2.62 bits per heavy atom. The molecule has 0 spiro atoms. The summed E-state index contributed by atoms with van der Waals surface area (Å²) in [5, 5.41) is 12.0. The van der Waals surface area contributed by atoms with Crippen LogP contribution in [0, 0.1) is 13.8 Å². The number of aryl methyl sites for hydroxylation is 2. The third-order valence-corrected chi connectivity index (χ3v) is 5.17. The summed E-state index contributed by atoms with van der Waals surface area (Å²) >= 11 is 1.28. The number of hydrogen-bond acceptors (Lipinski definition) is 6. The zero-order valence-corrected chi connectivity index (χ0v) is 15.7. The van der Waals surface area contributed by atoms with E-state index in [1.165, 1.54) is 17.3 Å². The minimum atomic E-state index is -0.535. The maximum absolute atomic E-state index is 12.5. The lowest BCUT2D eigenvalue weighted by Crippen LogP contribution is -2.14. The molecule has 134 valence electrons. The van der Waals surface area contributed by atoms with Crippen LogP contribution in [0.3, 0.4) is 0 Å². The Morgan fingerprint density at radius 2 is 1.92 bits per heavy atom. The van der Waals surface area contributed by atoms with Crippen LogP contribution in [0.1, 0.15) is 28.9 Å². The number of ether oxygens (including phenoxy) is 1. The number of carbonyl (C=O) groups is 1. The van der Waals surface area contributed by atoms with Gasteiger partial charge in [0.2, 0.25) is 5.16 Å². The molecular weight excluding hydrogens is 348 g/mol. The molecule has 0 saturated carbocycles. The first-order valence-electron chi connectivity index (χ1n) is 8.34. The summed E-state index contributed by atoms with van der Waals surface area (Å²) in [6, 6.07) is 15.5. The quantitative estimate of drug-likeness (QED) is 0.488. The molecule has 3 rings (SSSR count). The van der Waals surface area contributed by atoms with E-state index < -0.39 is 5.25 Å². The highest BCUT2D eigenvalue weighted by Gasteiger charge is 2.26. The molecule has 0 saturated heterocycles. The predicted octanol–water partition coefficient (Wildman–Crippen LogP) is 3.68. The molecule has 2 aromatic carbocycles. The largest absolute Gasteiger partial charge is 0.465 e. The summed E-state index contributed by atoms with van der Waals surface area (Å²) in [7, 11) is 0. The number of aromatic nitrogens is 4. The molecular formula is C19H20N4O2S. The van der Waals surface area contributed by atoms with Crippen LogP contribution in [-0.4, -0.2) is 32.8 Å². The van der Waals surface area contributed by atoms with Crippen molar-refractivity contribution in [1.82, 2.24) is 20.2 Å². The molecule has 1 heterocycles. The van der Waals surface area contributed by atoms with Gasteiger partial charge in [-0.25, -0.2) is 0 Å². The van der Waals surface area contributed by atoms with E-state index in [-0.39, 0.29) is 5.97 Å². The van der Waals surface area contributed by atoms with Crippen molar-refractivity contribution < 1.29 is 9.53 Å². The third-order valence-electron chi connectivity index (χ3n) is 4.00. The zero-order valence-electron chi connectivity index (χ0n) is 14.9. The monoisotopic (exact) mass is 368 g/mol. The second kappa shape index (κ2) is 8.14. The van der Waals surface area contributed by atoms with Gasteiger partial charge in [0, 0.05) is 0 Å². The summed E-state index contributed by atoms with van der Waals surface area (Å²) < 4.78 is 6.90. The Hall–Kier alpha value is -2.67. The van der Waals surface area contributed by atoms with Crippen LogP contribution < -0.4 is 0 Å². The fourth-order valence-corrected chi connectivity index (χ4v) is 3.47. The second-order valence-electron chi connectivity index (χ2n) is 5.80. The first-order chi connectivity index (χ1) is 12.6. The molecule has 0 amide bonds. The topological polar surface area (TPSA) is 69.9 Å². The molecule has 0 N–H and O–H groups in total. The van der Waals surface area contributed by atoms with Gasteiger partial charge in [0.15, 0.2) is 0 Å². The minimum absolute atomic E-state index is 0.307. The average Bonchev–Trinajstić information content (AvgIpc) is 3.11. The maximum atomic E-state index is 12.5. The molecule has 0 fully saturated rings. The van der Waals surface area contributed by atoms with Gasteiger partial charge >= 0.3 is 5.97 Å². The lowest BCUT2D eigenvalue weighted by molar-refractivity contribution is -0.142. The number of thioether (sulfide) groups is 1. The summed E-state index contributed by atoms with van der Waals surface area (Å²) in [5.74, 6) is -0.307. The smallest absolute Gasteiger partial charge is 0.324 e. The Morgan fingerprint density at radius 1 is 1.15 bits per heavy atom. The first kappa shape index (κ1) is 18.1. The van der Waals surface area contributed by atoms with Gasteiger partial charge in [0.1, 0.15) is 5.25 Å². The van der Waals surface area contributed by atoms with E-state index in [9.17, 15) is 4.79 Å². The molecule has 1 aromatic heterocycles. The molecule has 26 heavy (non-hydrogen) atoms. The van der Waals surface area contributed by atoms with Gasteiger partial charge < -0.3 is 4.74 Å². The molecule has 0 bridgehead atoms. The normalized spacial score (nSPS) is 12.0. The van der Waals surface area contributed by atoms with Crippen molar-refractivity contribution >= 4 is 17.7 Å². The Labute approximate surface area is 156 Å². The highest BCUT2D eigenvalue weighted by molar-refractivity contribution is 8.00. The van der Waals surface area contributed by atoms with Crippen LogP contribution in [0.2, 0.25) is 0 Å². The van der Waals surface area contributed by atoms with Gasteiger partial charge in [-0.05, 0) is 60.0 Å². The number of esters is 1. The van der Waals surface area contributed by atoms with E-state index in [2.05, 4.69) is 22.4 Å². The summed E-state index contributed by atoms with van der Waals surface area (Å²) in [6.07, 6.45) is 0. The van der Waals surface area contributed by atoms with Crippen LogP contribution in [0.4, 0.5) is 0 Å².